The summed E-state index contributed by atoms with van der Waals surface area (Å²) in [7, 11) is 1.65. The summed E-state index contributed by atoms with van der Waals surface area (Å²) < 4.78 is 38.5. The Hall–Kier alpha value is -2.26. The highest BCUT2D eigenvalue weighted by molar-refractivity contribution is 7.90. The van der Waals surface area contributed by atoms with Gasteiger partial charge in [-0.2, -0.15) is 0 Å². The van der Waals surface area contributed by atoms with Gasteiger partial charge in [-0.1, -0.05) is 0 Å². The molecule has 0 atom stereocenters. The molecular weight excluding hydrogens is 384 g/mol. The van der Waals surface area contributed by atoms with Crippen LogP contribution in [0.3, 0.4) is 0 Å². The zero-order chi connectivity index (χ0) is 20.7. The fourth-order valence-electron chi connectivity index (χ4n) is 2.96. The number of carbonyl (C=O) groups is 1. The molecule has 1 aromatic carbocycles. The molecule has 0 N–H and O–H groups in total. The summed E-state index contributed by atoms with van der Waals surface area (Å²) in [4.78, 5) is 16.3. The molecule has 1 aromatic rings. The molecule has 0 aliphatic carbocycles. The first-order valence-corrected chi connectivity index (χ1v) is 11.0. The van der Waals surface area contributed by atoms with Crippen LogP contribution < -0.4 is 14.2 Å². The molecule has 1 saturated heterocycles. The Bertz CT molecular complexity index is 789. The third-order valence-corrected chi connectivity index (χ3v) is 5.49. The van der Waals surface area contributed by atoms with Gasteiger partial charge in [-0.25, -0.2) is 8.42 Å². The maximum Gasteiger partial charge on any atom is 0.246 e. The number of carbonyl (C=O) groups excluding carboxylic acids is 1. The summed E-state index contributed by atoms with van der Waals surface area (Å²) in [5.41, 5.74) is 0.759. The number of benzene rings is 1. The average Bonchev–Trinajstić information content (AvgIpc) is 2.69. The fraction of sp³-hybridized carbons (Fsp3) is 0.526. The van der Waals surface area contributed by atoms with E-state index in [0.29, 0.717) is 50.0 Å². The van der Waals surface area contributed by atoms with Crippen LogP contribution >= 0.6 is 0 Å². The van der Waals surface area contributed by atoms with E-state index in [2.05, 4.69) is 4.90 Å². The van der Waals surface area contributed by atoms with Crippen LogP contribution in [0.15, 0.2) is 18.2 Å². The first-order valence-electron chi connectivity index (χ1n) is 8.94. The number of ether oxygens (including phenoxy) is 3. The molecule has 1 aliphatic heterocycles. The predicted octanol–water partition coefficient (Wildman–Crippen LogP) is 0.914. The van der Waals surface area contributed by atoms with Gasteiger partial charge in [0.1, 0.15) is 9.84 Å². The molecule has 156 valence electrons. The number of sulfone groups is 1. The second kappa shape index (κ2) is 9.79. The molecule has 0 aromatic heterocycles. The molecule has 1 aliphatic rings. The predicted molar refractivity (Wildman–Crippen MR) is 108 cm³/mol. The third kappa shape index (κ3) is 6.13. The van der Waals surface area contributed by atoms with Crippen LogP contribution in [-0.4, -0.2) is 90.2 Å². The molecule has 0 radical (unpaired) electrons. The Balaban J connectivity index is 1.97. The van der Waals surface area contributed by atoms with Gasteiger partial charge in [-0.15, -0.1) is 0 Å². The minimum absolute atomic E-state index is 0.0866. The maximum absolute atomic E-state index is 12.5. The number of nitrogens with zero attached hydrogens (tertiary/aromatic N) is 2. The Morgan fingerprint density at radius 1 is 1.04 bits per heavy atom. The zero-order valence-electron chi connectivity index (χ0n) is 16.8. The Morgan fingerprint density at radius 2 is 1.61 bits per heavy atom. The van der Waals surface area contributed by atoms with Crippen molar-refractivity contribution in [1.82, 2.24) is 9.80 Å². The summed E-state index contributed by atoms with van der Waals surface area (Å²) in [6.07, 6.45) is 4.47. The van der Waals surface area contributed by atoms with Gasteiger partial charge >= 0.3 is 0 Å². The number of hydrogen-bond donors (Lipinski definition) is 0. The van der Waals surface area contributed by atoms with Crippen LogP contribution in [0.5, 0.6) is 17.2 Å². The quantitative estimate of drug-likeness (QED) is 0.587. The molecular formula is C19H28N2O6S. The second-order valence-corrected chi connectivity index (χ2v) is 8.85. The van der Waals surface area contributed by atoms with Gasteiger partial charge in [-0.05, 0) is 23.8 Å². The number of hydrogen-bond acceptors (Lipinski definition) is 7. The van der Waals surface area contributed by atoms with Crippen molar-refractivity contribution in [1.29, 1.82) is 0 Å². The SMILES string of the molecule is COc1cc(/C=C/C(=O)N2CCN(CCS(C)(=O)=O)CC2)cc(OC)c1OC. The van der Waals surface area contributed by atoms with Crippen molar-refractivity contribution < 1.29 is 27.4 Å². The van der Waals surface area contributed by atoms with Gasteiger partial charge < -0.3 is 19.1 Å². The molecule has 2 rings (SSSR count). The monoisotopic (exact) mass is 412 g/mol. The molecule has 1 heterocycles. The Morgan fingerprint density at radius 3 is 2.07 bits per heavy atom. The Kier molecular flexibility index (Phi) is 7.70. The second-order valence-electron chi connectivity index (χ2n) is 6.59. The fourth-order valence-corrected chi connectivity index (χ4v) is 3.55. The lowest BCUT2D eigenvalue weighted by atomic mass is 10.1. The maximum atomic E-state index is 12.5. The van der Waals surface area contributed by atoms with E-state index in [4.69, 9.17) is 14.2 Å². The normalized spacial score (nSPS) is 15.6. The number of amides is 1. The lowest BCUT2D eigenvalue weighted by Gasteiger charge is -2.34. The molecule has 0 spiro atoms. The van der Waals surface area contributed by atoms with Gasteiger partial charge in [-0.3, -0.25) is 9.69 Å². The zero-order valence-corrected chi connectivity index (χ0v) is 17.6. The van der Waals surface area contributed by atoms with Crippen LogP contribution in [0, 0.1) is 0 Å². The number of piperazine rings is 1. The minimum atomic E-state index is -2.97. The summed E-state index contributed by atoms with van der Waals surface area (Å²) >= 11 is 0. The van der Waals surface area contributed by atoms with Crippen LogP contribution in [0.1, 0.15) is 5.56 Å². The molecule has 0 unspecified atom stereocenters. The smallest absolute Gasteiger partial charge is 0.246 e. The number of rotatable bonds is 8. The summed E-state index contributed by atoms with van der Waals surface area (Å²) in [5.74, 6) is 1.60. The lowest BCUT2D eigenvalue weighted by molar-refractivity contribution is -0.127. The van der Waals surface area contributed by atoms with Crippen LogP contribution in [0.2, 0.25) is 0 Å². The van der Waals surface area contributed by atoms with E-state index in [1.807, 2.05) is 0 Å². The van der Waals surface area contributed by atoms with E-state index >= 15 is 0 Å². The topological polar surface area (TPSA) is 85.4 Å². The standard InChI is InChI=1S/C19H28N2O6S/c1-25-16-13-15(14-17(26-2)19(16)27-3)5-6-18(22)21-9-7-20(8-10-21)11-12-28(4,23)24/h5-6,13-14H,7-12H2,1-4H3/b6-5+. The Labute approximate surface area is 166 Å². The first kappa shape index (κ1) is 22.0. The highest BCUT2D eigenvalue weighted by atomic mass is 32.2. The van der Waals surface area contributed by atoms with Crippen molar-refractivity contribution in [2.45, 2.75) is 0 Å². The highest BCUT2D eigenvalue weighted by Gasteiger charge is 2.20. The largest absolute Gasteiger partial charge is 0.493 e. The first-order chi connectivity index (χ1) is 13.3. The third-order valence-electron chi connectivity index (χ3n) is 4.57. The van der Waals surface area contributed by atoms with Gasteiger partial charge in [0, 0.05) is 45.1 Å². The van der Waals surface area contributed by atoms with Crippen LogP contribution in [-0.2, 0) is 14.6 Å². The van der Waals surface area contributed by atoms with Crippen molar-refractivity contribution in [2.24, 2.45) is 0 Å². The van der Waals surface area contributed by atoms with Crippen LogP contribution in [0.25, 0.3) is 6.08 Å². The van der Waals surface area contributed by atoms with Gasteiger partial charge in [0.15, 0.2) is 11.5 Å². The van der Waals surface area contributed by atoms with Gasteiger partial charge in [0.05, 0.1) is 27.1 Å². The summed E-state index contributed by atoms with van der Waals surface area (Å²) in [5, 5.41) is 0. The minimum Gasteiger partial charge on any atom is -0.493 e. The van der Waals surface area contributed by atoms with Crippen molar-refractivity contribution in [2.75, 3.05) is 66.1 Å². The average molecular weight is 413 g/mol. The van der Waals surface area contributed by atoms with E-state index in [1.54, 1.807) is 37.3 Å². The van der Waals surface area contributed by atoms with Crippen molar-refractivity contribution in [3.8, 4) is 17.2 Å². The van der Waals surface area contributed by atoms with E-state index in [9.17, 15) is 13.2 Å². The highest BCUT2D eigenvalue weighted by Crippen LogP contribution is 2.38. The molecule has 1 amide bonds. The molecule has 1 fully saturated rings. The van der Waals surface area contributed by atoms with E-state index in [0.717, 1.165) is 5.56 Å². The van der Waals surface area contributed by atoms with Crippen molar-refractivity contribution in [3.05, 3.63) is 23.8 Å². The molecule has 9 heteroatoms. The lowest BCUT2D eigenvalue weighted by Crippen LogP contribution is -2.49. The molecule has 0 bridgehead atoms. The van der Waals surface area contributed by atoms with E-state index < -0.39 is 9.84 Å². The van der Waals surface area contributed by atoms with E-state index in [1.165, 1.54) is 19.4 Å². The van der Waals surface area contributed by atoms with Gasteiger partial charge in [0.2, 0.25) is 11.7 Å². The molecule has 28 heavy (non-hydrogen) atoms. The molecule has 0 saturated carbocycles. The van der Waals surface area contributed by atoms with Crippen LogP contribution in [0.4, 0.5) is 0 Å². The number of methoxy groups -OCH3 is 3. The molecule has 8 nitrogen and oxygen atoms in total. The van der Waals surface area contributed by atoms with Crippen molar-refractivity contribution >= 4 is 21.8 Å². The summed E-state index contributed by atoms with van der Waals surface area (Å²) in [6.45, 7) is 2.98. The van der Waals surface area contributed by atoms with Gasteiger partial charge in [0.25, 0.3) is 0 Å². The summed E-state index contributed by atoms with van der Waals surface area (Å²) in [6, 6.07) is 3.54. The van der Waals surface area contributed by atoms with E-state index in [-0.39, 0.29) is 11.7 Å². The van der Waals surface area contributed by atoms with Crippen molar-refractivity contribution in [3.63, 3.8) is 0 Å².